The first kappa shape index (κ1) is 9.07. The Kier molecular flexibility index (Phi) is 2.71. The normalized spacial score (nSPS) is 13.3. The highest BCUT2D eigenvalue weighted by Crippen LogP contribution is 2.19. The summed E-state index contributed by atoms with van der Waals surface area (Å²) in [4.78, 5) is 2.13. The summed E-state index contributed by atoms with van der Waals surface area (Å²) in [6.45, 7) is 2.13. The monoisotopic (exact) mass is 165 g/mol. The molecule has 1 aromatic rings. The molecule has 1 aromatic carbocycles. The number of aromatic hydroxyl groups is 1. The number of nitrogens with zero attached hydrogens (tertiary/aromatic N) is 1. The Labute approximate surface area is 73.4 Å². The Morgan fingerprint density at radius 1 is 1.17 bits per heavy atom. The molecule has 2 heteroatoms. The number of hydrogen-bond acceptors (Lipinski definition) is 2. The van der Waals surface area contributed by atoms with Crippen LogP contribution in [0.3, 0.4) is 0 Å². The molecule has 0 amide bonds. The van der Waals surface area contributed by atoms with E-state index in [1.165, 1.54) is 5.56 Å². The Hall–Kier alpha value is -1.02. The van der Waals surface area contributed by atoms with Crippen molar-refractivity contribution in [2.45, 2.75) is 13.0 Å². The van der Waals surface area contributed by atoms with Crippen molar-refractivity contribution in [2.24, 2.45) is 0 Å². The van der Waals surface area contributed by atoms with Crippen LogP contribution >= 0.6 is 0 Å². The Balaban J connectivity index is 2.82. The van der Waals surface area contributed by atoms with Gasteiger partial charge >= 0.3 is 0 Å². The van der Waals surface area contributed by atoms with Gasteiger partial charge in [0.25, 0.3) is 0 Å². The molecule has 2 nitrogen and oxygen atoms in total. The van der Waals surface area contributed by atoms with Gasteiger partial charge in [-0.2, -0.15) is 0 Å². The quantitative estimate of drug-likeness (QED) is 0.724. The third-order valence-corrected chi connectivity index (χ3v) is 2.15. The van der Waals surface area contributed by atoms with Crippen LogP contribution in [0.15, 0.2) is 24.3 Å². The van der Waals surface area contributed by atoms with Crippen LogP contribution in [0.5, 0.6) is 5.75 Å². The van der Waals surface area contributed by atoms with Gasteiger partial charge in [-0.05, 0) is 38.7 Å². The first-order valence-electron chi connectivity index (χ1n) is 4.06. The molecule has 66 valence electrons. The van der Waals surface area contributed by atoms with E-state index in [0.29, 0.717) is 11.8 Å². The zero-order chi connectivity index (χ0) is 9.14. The summed E-state index contributed by atoms with van der Waals surface area (Å²) in [7, 11) is 4.08. The molecule has 0 saturated heterocycles. The molecule has 0 aliphatic carbocycles. The van der Waals surface area contributed by atoms with Gasteiger partial charge in [-0.3, -0.25) is 0 Å². The second-order valence-electron chi connectivity index (χ2n) is 3.23. The summed E-state index contributed by atoms with van der Waals surface area (Å²) in [5, 5.41) is 9.06. The minimum atomic E-state index is 0.324. The SMILES string of the molecule is CC(c1ccc(O)cc1)N(C)C. The van der Waals surface area contributed by atoms with Crippen LogP contribution in [0.4, 0.5) is 0 Å². The Bertz CT molecular complexity index is 241. The molecule has 1 atom stereocenters. The van der Waals surface area contributed by atoms with Crippen LogP contribution < -0.4 is 0 Å². The summed E-state index contributed by atoms with van der Waals surface area (Å²) in [5.41, 5.74) is 1.22. The largest absolute Gasteiger partial charge is 0.508 e. The fourth-order valence-electron chi connectivity index (χ4n) is 1.05. The molecule has 1 unspecified atom stereocenters. The van der Waals surface area contributed by atoms with E-state index in [2.05, 4.69) is 11.8 Å². The zero-order valence-electron chi connectivity index (χ0n) is 7.78. The maximum atomic E-state index is 9.06. The summed E-state index contributed by atoms with van der Waals surface area (Å²) in [6, 6.07) is 7.72. The minimum absolute atomic E-state index is 0.324. The van der Waals surface area contributed by atoms with E-state index in [0.717, 1.165) is 0 Å². The van der Waals surface area contributed by atoms with Crippen molar-refractivity contribution in [1.29, 1.82) is 0 Å². The van der Waals surface area contributed by atoms with Crippen LogP contribution in [0.2, 0.25) is 0 Å². The molecular formula is C10H15NO. The van der Waals surface area contributed by atoms with Crippen LogP contribution in [-0.4, -0.2) is 24.1 Å². The second-order valence-corrected chi connectivity index (χ2v) is 3.23. The fraction of sp³-hybridized carbons (Fsp3) is 0.400. The van der Waals surface area contributed by atoms with E-state index in [1.54, 1.807) is 12.1 Å². The smallest absolute Gasteiger partial charge is 0.115 e. The molecule has 1 N–H and O–H groups in total. The Morgan fingerprint density at radius 2 is 1.67 bits per heavy atom. The van der Waals surface area contributed by atoms with Crippen LogP contribution in [0, 0.1) is 0 Å². The van der Waals surface area contributed by atoms with E-state index in [1.807, 2.05) is 26.2 Å². The van der Waals surface area contributed by atoms with Crippen LogP contribution in [0.1, 0.15) is 18.5 Å². The standard InChI is InChI=1S/C10H15NO/c1-8(11(2)3)9-4-6-10(12)7-5-9/h4-8,12H,1-3H3. The zero-order valence-corrected chi connectivity index (χ0v) is 7.78. The average Bonchev–Trinajstić information content (AvgIpc) is 2.04. The second kappa shape index (κ2) is 3.59. The molecule has 0 heterocycles. The lowest BCUT2D eigenvalue weighted by atomic mass is 10.1. The van der Waals surface area contributed by atoms with Crippen molar-refractivity contribution >= 4 is 0 Å². The molecule has 0 aliphatic heterocycles. The van der Waals surface area contributed by atoms with E-state index in [-0.39, 0.29) is 0 Å². The lowest BCUT2D eigenvalue weighted by Gasteiger charge is -2.19. The summed E-state index contributed by atoms with van der Waals surface area (Å²) in [5.74, 6) is 0.324. The van der Waals surface area contributed by atoms with Gasteiger partial charge in [0.05, 0.1) is 0 Å². The lowest BCUT2D eigenvalue weighted by molar-refractivity contribution is 0.321. The minimum Gasteiger partial charge on any atom is -0.508 e. The molecular weight excluding hydrogens is 150 g/mol. The maximum absolute atomic E-state index is 9.06. The molecule has 0 aromatic heterocycles. The summed E-state index contributed by atoms with van der Waals surface area (Å²) >= 11 is 0. The van der Waals surface area contributed by atoms with Crippen molar-refractivity contribution in [3.63, 3.8) is 0 Å². The molecule has 0 fully saturated rings. The molecule has 0 spiro atoms. The lowest BCUT2D eigenvalue weighted by Crippen LogP contribution is -2.16. The summed E-state index contributed by atoms with van der Waals surface area (Å²) in [6.07, 6.45) is 0. The van der Waals surface area contributed by atoms with E-state index >= 15 is 0 Å². The van der Waals surface area contributed by atoms with Crippen molar-refractivity contribution in [3.8, 4) is 5.75 Å². The van der Waals surface area contributed by atoms with Gasteiger partial charge in [0.2, 0.25) is 0 Å². The Morgan fingerprint density at radius 3 is 2.08 bits per heavy atom. The predicted octanol–water partition coefficient (Wildman–Crippen LogP) is 2.01. The van der Waals surface area contributed by atoms with E-state index < -0.39 is 0 Å². The number of phenolic OH excluding ortho intramolecular Hbond substituents is 1. The number of hydrogen-bond donors (Lipinski definition) is 1. The van der Waals surface area contributed by atoms with Gasteiger partial charge in [0, 0.05) is 6.04 Å². The molecule has 1 rings (SSSR count). The van der Waals surface area contributed by atoms with Gasteiger partial charge in [0.1, 0.15) is 5.75 Å². The average molecular weight is 165 g/mol. The highest BCUT2D eigenvalue weighted by atomic mass is 16.3. The van der Waals surface area contributed by atoms with Crippen molar-refractivity contribution in [2.75, 3.05) is 14.1 Å². The first-order chi connectivity index (χ1) is 5.61. The van der Waals surface area contributed by atoms with Crippen molar-refractivity contribution in [3.05, 3.63) is 29.8 Å². The highest BCUT2D eigenvalue weighted by Gasteiger charge is 2.06. The molecule has 0 radical (unpaired) electrons. The number of phenols is 1. The van der Waals surface area contributed by atoms with Gasteiger partial charge in [-0.1, -0.05) is 12.1 Å². The fourth-order valence-corrected chi connectivity index (χ4v) is 1.05. The molecule has 0 bridgehead atoms. The molecule has 0 aliphatic rings. The van der Waals surface area contributed by atoms with Crippen molar-refractivity contribution < 1.29 is 5.11 Å². The first-order valence-corrected chi connectivity index (χ1v) is 4.06. The van der Waals surface area contributed by atoms with E-state index in [9.17, 15) is 0 Å². The van der Waals surface area contributed by atoms with Crippen molar-refractivity contribution in [1.82, 2.24) is 4.90 Å². The number of rotatable bonds is 2. The van der Waals surface area contributed by atoms with Crippen LogP contribution in [0.25, 0.3) is 0 Å². The molecule has 12 heavy (non-hydrogen) atoms. The third kappa shape index (κ3) is 1.98. The number of benzene rings is 1. The van der Waals surface area contributed by atoms with E-state index in [4.69, 9.17) is 5.11 Å². The van der Waals surface area contributed by atoms with Gasteiger partial charge in [0.15, 0.2) is 0 Å². The van der Waals surface area contributed by atoms with Gasteiger partial charge in [-0.15, -0.1) is 0 Å². The third-order valence-electron chi connectivity index (χ3n) is 2.15. The summed E-state index contributed by atoms with van der Waals surface area (Å²) < 4.78 is 0. The maximum Gasteiger partial charge on any atom is 0.115 e. The van der Waals surface area contributed by atoms with Gasteiger partial charge < -0.3 is 10.0 Å². The van der Waals surface area contributed by atoms with Crippen LogP contribution in [-0.2, 0) is 0 Å². The highest BCUT2D eigenvalue weighted by molar-refractivity contribution is 5.27. The van der Waals surface area contributed by atoms with Gasteiger partial charge in [-0.25, -0.2) is 0 Å². The topological polar surface area (TPSA) is 23.5 Å². The predicted molar refractivity (Wildman–Crippen MR) is 50.2 cm³/mol. The molecule has 0 saturated carbocycles.